The summed E-state index contributed by atoms with van der Waals surface area (Å²) in [5.74, 6) is -0.728. The number of ether oxygens (including phenoxy) is 1. The maximum Gasteiger partial charge on any atom is 0.321 e. The number of nitrogens with zero attached hydrogens (tertiary/aromatic N) is 4. The first-order chi connectivity index (χ1) is 19.1. The molecule has 4 amide bonds. The third kappa shape index (κ3) is 6.26. The van der Waals surface area contributed by atoms with E-state index in [0.29, 0.717) is 29.3 Å². The first kappa shape index (κ1) is 28.6. The van der Waals surface area contributed by atoms with E-state index in [1.807, 2.05) is 25.1 Å². The highest BCUT2D eigenvalue weighted by Gasteiger charge is 2.35. The summed E-state index contributed by atoms with van der Waals surface area (Å²) in [4.78, 5) is 42.9. The topological polar surface area (TPSA) is 129 Å². The van der Waals surface area contributed by atoms with E-state index in [4.69, 9.17) is 4.74 Å². The maximum absolute atomic E-state index is 13.7. The number of aliphatic hydroxyl groups is 1. The molecular weight excluding hydrogens is 512 g/mol. The Kier molecular flexibility index (Phi) is 8.73. The molecule has 1 aromatic heterocycles. The second-order valence-electron chi connectivity index (χ2n) is 10.2. The monoisotopic (exact) mass is 548 g/mol. The number of aryl methyl sites for hydroxylation is 2. The van der Waals surface area contributed by atoms with Gasteiger partial charge in [0.1, 0.15) is 11.8 Å². The molecule has 3 N–H and O–H groups in total. The van der Waals surface area contributed by atoms with Gasteiger partial charge in [-0.3, -0.25) is 14.3 Å². The molecule has 4 rings (SSSR count). The molecule has 1 aliphatic heterocycles. The molecule has 0 unspecified atom stereocenters. The van der Waals surface area contributed by atoms with Gasteiger partial charge in [-0.1, -0.05) is 31.2 Å². The van der Waals surface area contributed by atoms with E-state index in [9.17, 15) is 19.5 Å². The Morgan fingerprint density at radius 1 is 1.18 bits per heavy atom. The number of hydrogen-bond acceptors (Lipinski definition) is 6. The largest absolute Gasteiger partial charge is 0.485 e. The number of aliphatic hydroxyl groups excluding tert-OH is 1. The minimum atomic E-state index is -0.538. The lowest BCUT2D eigenvalue weighted by Gasteiger charge is -2.38. The molecule has 1 aliphatic rings. The summed E-state index contributed by atoms with van der Waals surface area (Å²) < 4.78 is 7.97. The molecule has 0 saturated heterocycles. The number of aromatic nitrogens is 2. The molecule has 0 aliphatic carbocycles. The predicted octanol–water partition coefficient (Wildman–Crippen LogP) is 3.36. The summed E-state index contributed by atoms with van der Waals surface area (Å²) in [6, 6.07) is 15.0. The van der Waals surface area contributed by atoms with Crippen molar-refractivity contribution in [1.29, 1.82) is 0 Å². The zero-order valence-corrected chi connectivity index (χ0v) is 23.4. The molecule has 11 heteroatoms. The van der Waals surface area contributed by atoms with E-state index < -0.39 is 18.1 Å². The van der Waals surface area contributed by atoms with Crippen LogP contribution in [0, 0.1) is 12.8 Å². The van der Waals surface area contributed by atoms with Crippen molar-refractivity contribution < 1.29 is 24.2 Å². The molecule has 212 valence electrons. The number of anilines is 2. The quantitative estimate of drug-likeness (QED) is 0.415. The molecule has 2 heterocycles. The number of amides is 4. The molecule has 0 bridgehead atoms. The Labute approximate surface area is 233 Å². The zero-order chi connectivity index (χ0) is 29.0. The SMILES string of the molecule is Cc1cc(C(=O)Nc2cccc3c2O[C@@H](CN(C)C(=O)Nc2ccccc2)[C@@H](C)CN([C@H](C)CO)C3=O)n(C)n1. The van der Waals surface area contributed by atoms with Gasteiger partial charge in [0.2, 0.25) is 0 Å². The van der Waals surface area contributed by atoms with E-state index in [0.717, 1.165) is 0 Å². The highest BCUT2D eigenvalue weighted by atomic mass is 16.5. The number of carbonyl (C=O) groups is 3. The summed E-state index contributed by atoms with van der Waals surface area (Å²) in [5, 5.41) is 19.9. The van der Waals surface area contributed by atoms with Crippen molar-refractivity contribution in [3.8, 4) is 5.75 Å². The predicted molar refractivity (Wildman–Crippen MR) is 152 cm³/mol. The van der Waals surface area contributed by atoms with Gasteiger partial charge in [0.05, 0.1) is 36.1 Å². The van der Waals surface area contributed by atoms with Crippen LogP contribution in [0.1, 0.15) is 40.4 Å². The summed E-state index contributed by atoms with van der Waals surface area (Å²) >= 11 is 0. The Bertz CT molecular complexity index is 1370. The maximum atomic E-state index is 13.7. The molecule has 0 spiro atoms. The van der Waals surface area contributed by atoms with Crippen LogP contribution in [0.3, 0.4) is 0 Å². The standard InChI is InChI=1S/C29H36N6O5/c1-18-15-35(20(3)17-36)28(38)22-12-9-13-23(31-27(37)24-14-19(2)32-34(24)5)26(22)40-25(18)16-33(4)29(39)30-21-10-7-6-8-11-21/h6-14,18,20,25,36H,15-17H2,1-5H3,(H,30,39)(H,31,37)/t18-,20+,25-/m0/s1. The van der Waals surface area contributed by atoms with Gasteiger partial charge in [-0.05, 0) is 44.2 Å². The zero-order valence-electron chi connectivity index (χ0n) is 23.4. The van der Waals surface area contributed by atoms with Crippen molar-refractivity contribution in [1.82, 2.24) is 19.6 Å². The lowest BCUT2D eigenvalue weighted by molar-refractivity contribution is 0.0372. The van der Waals surface area contributed by atoms with Crippen LogP contribution in [0.2, 0.25) is 0 Å². The molecule has 2 aromatic carbocycles. The van der Waals surface area contributed by atoms with Gasteiger partial charge in [0, 0.05) is 32.2 Å². The third-order valence-corrected chi connectivity index (χ3v) is 7.00. The fraction of sp³-hybridized carbons (Fsp3) is 0.379. The van der Waals surface area contributed by atoms with Crippen LogP contribution in [0.5, 0.6) is 5.75 Å². The summed E-state index contributed by atoms with van der Waals surface area (Å²) in [6.07, 6.45) is -0.538. The van der Waals surface area contributed by atoms with Crippen LogP contribution in [-0.2, 0) is 7.05 Å². The van der Waals surface area contributed by atoms with E-state index in [2.05, 4.69) is 15.7 Å². The molecule has 11 nitrogen and oxygen atoms in total. The lowest BCUT2D eigenvalue weighted by Crippen LogP contribution is -2.50. The van der Waals surface area contributed by atoms with Gasteiger partial charge < -0.3 is 30.3 Å². The normalized spacial score (nSPS) is 17.6. The number of carbonyl (C=O) groups excluding carboxylic acids is 3. The number of fused-ring (bicyclic) bond motifs is 1. The Hall–Kier alpha value is -4.38. The third-order valence-electron chi connectivity index (χ3n) is 7.00. The van der Waals surface area contributed by atoms with Crippen molar-refractivity contribution in [3.63, 3.8) is 0 Å². The van der Waals surface area contributed by atoms with E-state index >= 15 is 0 Å². The summed E-state index contributed by atoms with van der Waals surface area (Å²) in [7, 11) is 3.35. The van der Waals surface area contributed by atoms with Crippen LogP contribution in [0.25, 0.3) is 0 Å². The van der Waals surface area contributed by atoms with Gasteiger partial charge in [-0.15, -0.1) is 0 Å². The van der Waals surface area contributed by atoms with Gasteiger partial charge in [0.15, 0.2) is 5.75 Å². The van der Waals surface area contributed by atoms with Crippen molar-refractivity contribution in [2.45, 2.75) is 32.9 Å². The number of rotatable bonds is 7. The Morgan fingerprint density at radius 2 is 1.90 bits per heavy atom. The van der Waals surface area contributed by atoms with Crippen LogP contribution >= 0.6 is 0 Å². The minimum Gasteiger partial charge on any atom is -0.485 e. The van der Waals surface area contributed by atoms with E-state index in [-0.39, 0.29) is 42.3 Å². The minimum absolute atomic E-state index is 0.206. The first-order valence-electron chi connectivity index (χ1n) is 13.2. The number of benzene rings is 2. The van der Waals surface area contributed by atoms with Crippen molar-refractivity contribution in [3.05, 3.63) is 71.5 Å². The van der Waals surface area contributed by atoms with Gasteiger partial charge in [0.25, 0.3) is 11.8 Å². The van der Waals surface area contributed by atoms with Gasteiger partial charge in [-0.2, -0.15) is 5.10 Å². The fourth-order valence-corrected chi connectivity index (χ4v) is 4.66. The molecule has 0 saturated carbocycles. The molecule has 0 radical (unpaired) electrons. The van der Waals surface area contributed by atoms with E-state index in [1.165, 1.54) is 9.58 Å². The lowest BCUT2D eigenvalue weighted by atomic mass is 9.99. The number of hydrogen-bond donors (Lipinski definition) is 3. The highest BCUT2D eigenvalue weighted by Crippen LogP contribution is 2.35. The number of urea groups is 1. The van der Waals surface area contributed by atoms with Crippen LogP contribution in [-0.4, -0.2) is 81.4 Å². The smallest absolute Gasteiger partial charge is 0.321 e. The van der Waals surface area contributed by atoms with Crippen molar-refractivity contribution in [2.24, 2.45) is 13.0 Å². The second-order valence-corrected chi connectivity index (χ2v) is 10.2. The van der Waals surface area contributed by atoms with Crippen molar-refractivity contribution >= 4 is 29.2 Å². The number of nitrogens with one attached hydrogen (secondary N) is 2. The average Bonchev–Trinajstić information content (AvgIpc) is 3.28. The molecule has 3 atom stereocenters. The van der Waals surface area contributed by atoms with Crippen molar-refractivity contribution in [2.75, 3.05) is 37.4 Å². The van der Waals surface area contributed by atoms with Crippen LogP contribution in [0.4, 0.5) is 16.2 Å². The fourth-order valence-electron chi connectivity index (χ4n) is 4.66. The Morgan fingerprint density at radius 3 is 2.55 bits per heavy atom. The first-order valence-corrected chi connectivity index (χ1v) is 13.2. The second kappa shape index (κ2) is 12.2. The van der Waals surface area contributed by atoms with Gasteiger partial charge >= 0.3 is 6.03 Å². The number of likely N-dealkylation sites (N-methyl/N-ethyl adjacent to an activating group) is 1. The number of para-hydroxylation sites is 2. The van der Waals surface area contributed by atoms with Crippen LogP contribution < -0.4 is 15.4 Å². The van der Waals surface area contributed by atoms with E-state index in [1.54, 1.807) is 69.2 Å². The average molecular weight is 549 g/mol. The molecule has 0 fully saturated rings. The van der Waals surface area contributed by atoms with Crippen LogP contribution in [0.15, 0.2) is 54.6 Å². The van der Waals surface area contributed by atoms with Gasteiger partial charge in [-0.25, -0.2) is 4.79 Å². The molecule has 40 heavy (non-hydrogen) atoms. The highest BCUT2D eigenvalue weighted by molar-refractivity contribution is 6.06. The summed E-state index contributed by atoms with van der Waals surface area (Å²) in [6.45, 7) is 5.81. The molecule has 3 aromatic rings. The molecular formula is C29H36N6O5. The summed E-state index contributed by atoms with van der Waals surface area (Å²) in [5.41, 5.74) is 2.29. The Balaban J connectivity index is 1.67.